The van der Waals surface area contributed by atoms with Gasteiger partial charge in [-0.1, -0.05) is 19.8 Å². The lowest BCUT2D eigenvalue weighted by Crippen LogP contribution is -2.56. The van der Waals surface area contributed by atoms with E-state index in [9.17, 15) is 0 Å². The van der Waals surface area contributed by atoms with Gasteiger partial charge in [0.25, 0.3) is 0 Å². The Morgan fingerprint density at radius 2 is 1.44 bits per heavy atom. The van der Waals surface area contributed by atoms with Crippen LogP contribution in [0.25, 0.3) is 0 Å². The van der Waals surface area contributed by atoms with Gasteiger partial charge in [-0.3, -0.25) is 9.80 Å². The Morgan fingerprint density at radius 1 is 0.833 bits per heavy atom. The van der Waals surface area contributed by atoms with E-state index >= 15 is 0 Å². The summed E-state index contributed by atoms with van der Waals surface area (Å²) in [6.45, 7) is 10.1. The van der Waals surface area contributed by atoms with Gasteiger partial charge in [0, 0.05) is 44.8 Å². The second-order valence-corrected chi connectivity index (χ2v) is 6.66. The largest absolute Gasteiger partial charge is 0.315 e. The molecular weight excluding hydrogens is 222 g/mol. The summed E-state index contributed by atoms with van der Waals surface area (Å²) in [6.07, 6.45) is 7.25. The Hall–Kier alpha value is -0.120. The maximum atomic E-state index is 3.59. The third kappa shape index (κ3) is 2.89. The van der Waals surface area contributed by atoms with Crippen molar-refractivity contribution >= 4 is 0 Å². The standard InChI is InChI=1S/C15H29N3/c1-13-10-15(12-16-11-13)18-8-6-17(7-9-18)14-4-2-3-5-14/h13-16H,2-12H2,1H3. The van der Waals surface area contributed by atoms with Gasteiger partial charge in [-0.2, -0.15) is 0 Å². The van der Waals surface area contributed by atoms with Gasteiger partial charge in [0.1, 0.15) is 0 Å². The van der Waals surface area contributed by atoms with E-state index in [1.54, 1.807) is 0 Å². The van der Waals surface area contributed by atoms with Crippen LogP contribution in [-0.4, -0.2) is 61.2 Å². The number of nitrogens with zero attached hydrogens (tertiary/aromatic N) is 2. The zero-order chi connectivity index (χ0) is 12.4. The monoisotopic (exact) mass is 251 g/mol. The molecule has 2 aliphatic heterocycles. The van der Waals surface area contributed by atoms with Crippen molar-refractivity contribution < 1.29 is 0 Å². The minimum absolute atomic E-state index is 0.805. The number of hydrogen-bond acceptors (Lipinski definition) is 3. The minimum Gasteiger partial charge on any atom is -0.315 e. The van der Waals surface area contributed by atoms with Crippen LogP contribution in [0, 0.1) is 5.92 Å². The summed E-state index contributed by atoms with van der Waals surface area (Å²) in [4.78, 5) is 5.51. The Labute approximate surface area is 112 Å². The molecule has 0 amide bonds. The Morgan fingerprint density at radius 3 is 2.06 bits per heavy atom. The van der Waals surface area contributed by atoms with Gasteiger partial charge in [0.2, 0.25) is 0 Å². The van der Waals surface area contributed by atoms with Crippen molar-refractivity contribution in [2.75, 3.05) is 39.3 Å². The third-order valence-electron chi connectivity index (χ3n) is 5.25. The zero-order valence-corrected chi connectivity index (χ0v) is 11.9. The summed E-state index contributed by atoms with van der Waals surface area (Å²) >= 11 is 0. The highest BCUT2D eigenvalue weighted by molar-refractivity contribution is 4.87. The van der Waals surface area contributed by atoms with Crippen LogP contribution in [0.1, 0.15) is 39.0 Å². The molecule has 1 aliphatic carbocycles. The zero-order valence-electron chi connectivity index (χ0n) is 11.9. The fraction of sp³-hybridized carbons (Fsp3) is 1.00. The molecule has 18 heavy (non-hydrogen) atoms. The molecule has 2 heterocycles. The smallest absolute Gasteiger partial charge is 0.0224 e. The lowest BCUT2D eigenvalue weighted by Gasteiger charge is -2.43. The number of nitrogens with one attached hydrogen (secondary N) is 1. The summed E-state index contributed by atoms with van der Waals surface area (Å²) in [5, 5.41) is 3.59. The summed E-state index contributed by atoms with van der Waals surface area (Å²) < 4.78 is 0. The molecule has 0 bridgehead atoms. The molecule has 3 nitrogen and oxygen atoms in total. The van der Waals surface area contributed by atoms with Crippen LogP contribution in [0.4, 0.5) is 0 Å². The maximum absolute atomic E-state index is 3.59. The van der Waals surface area contributed by atoms with Crippen LogP contribution in [0.3, 0.4) is 0 Å². The van der Waals surface area contributed by atoms with Crippen LogP contribution < -0.4 is 5.32 Å². The van der Waals surface area contributed by atoms with Crippen molar-refractivity contribution in [3.63, 3.8) is 0 Å². The second-order valence-electron chi connectivity index (χ2n) is 6.66. The van der Waals surface area contributed by atoms with E-state index in [0.717, 1.165) is 18.0 Å². The average Bonchev–Trinajstić information content (AvgIpc) is 2.93. The fourth-order valence-corrected chi connectivity index (χ4v) is 4.14. The van der Waals surface area contributed by atoms with Crippen molar-refractivity contribution in [1.82, 2.24) is 15.1 Å². The van der Waals surface area contributed by atoms with Crippen LogP contribution in [-0.2, 0) is 0 Å². The molecule has 2 unspecified atom stereocenters. The summed E-state index contributed by atoms with van der Waals surface area (Å²) in [6, 6.07) is 1.73. The first kappa shape index (κ1) is 12.9. The molecule has 1 saturated carbocycles. The van der Waals surface area contributed by atoms with E-state index in [1.807, 2.05) is 0 Å². The third-order valence-corrected chi connectivity index (χ3v) is 5.25. The highest BCUT2D eigenvalue weighted by atomic mass is 15.3. The molecule has 3 rings (SSSR count). The van der Waals surface area contributed by atoms with Crippen molar-refractivity contribution in [2.45, 2.75) is 51.1 Å². The first-order valence-electron chi connectivity index (χ1n) is 8.02. The lowest BCUT2D eigenvalue weighted by atomic mass is 9.96. The van der Waals surface area contributed by atoms with E-state index in [0.29, 0.717) is 0 Å². The van der Waals surface area contributed by atoms with Crippen LogP contribution >= 0.6 is 0 Å². The van der Waals surface area contributed by atoms with Crippen LogP contribution in [0.2, 0.25) is 0 Å². The van der Waals surface area contributed by atoms with Gasteiger partial charge in [-0.05, 0) is 31.7 Å². The molecule has 3 fully saturated rings. The quantitative estimate of drug-likeness (QED) is 0.803. The van der Waals surface area contributed by atoms with Crippen molar-refractivity contribution in [3.8, 4) is 0 Å². The molecule has 2 saturated heterocycles. The van der Waals surface area contributed by atoms with Gasteiger partial charge >= 0.3 is 0 Å². The van der Waals surface area contributed by atoms with Gasteiger partial charge in [0.05, 0.1) is 0 Å². The molecule has 0 radical (unpaired) electrons. The molecular formula is C15H29N3. The topological polar surface area (TPSA) is 18.5 Å². The second kappa shape index (κ2) is 5.89. The molecule has 0 aromatic rings. The van der Waals surface area contributed by atoms with E-state index < -0.39 is 0 Å². The normalized spacial score (nSPS) is 37.2. The summed E-state index contributed by atoms with van der Waals surface area (Å²) in [5.74, 6) is 0.858. The molecule has 3 aliphatic rings. The van der Waals surface area contributed by atoms with E-state index in [-0.39, 0.29) is 0 Å². The molecule has 0 spiro atoms. The van der Waals surface area contributed by atoms with Crippen molar-refractivity contribution in [3.05, 3.63) is 0 Å². The Bertz CT molecular complexity index is 254. The Kier molecular flexibility index (Phi) is 4.22. The molecule has 1 N–H and O–H groups in total. The summed E-state index contributed by atoms with van der Waals surface area (Å²) in [5.41, 5.74) is 0. The van der Waals surface area contributed by atoms with Gasteiger partial charge < -0.3 is 5.32 Å². The van der Waals surface area contributed by atoms with Crippen LogP contribution in [0.15, 0.2) is 0 Å². The number of piperazine rings is 1. The van der Waals surface area contributed by atoms with E-state index in [4.69, 9.17) is 0 Å². The first-order chi connectivity index (χ1) is 8.83. The van der Waals surface area contributed by atoms with Gasteiger partial charge in [-0.25, -0.2) is 0 Å². The van der Waals surface area contributed by atoms with Gasteiger partial charge in [-0.15, -0.1) is 0 Å². The minimum atomic E-state index is 0.805. The number of piperidine rings is 1. The lowest BCUT2D eigenvalue weighted by molar-refractivity contribution is 0.0554. The number of hydrogen-bond donors (Lipinski definition) is 1. The molecule has 3 heteroatoms. The average molecular weight is 251 g/mol. The first-order valence-corrected chi connectivity index (χ1v) is 8.02. The predicted octanol–water partition coefficient (Wildman–Crippen LogP) is 1.54. The number of rotatable bonds is 2. The van der Waals surface area contributed by atoms with Crippen molar-refractivity contribution in [1.29, 1.82) is 0 Å². The Balaban J connectivity index is 1.47. The molecule has 0 aromatic heterocycles. The molecule has 0 aromatic carbocycles. The van der Waals surface area contributed by atoms with E-state index in [1.165, 1.54) is 71.4 Å². The van der Waals surface area contributed by atoms with Crippen molar-refractivity contribution in [2.24, 2.45) is 5.92 Å². The highest BCUT2D eigenvalue weighted by Gasteiger charge is 2.30. The maximum Gasteiger partial charge on any atom is 0.0224 e. The van der Waals surface area contributed by atoms with E-state index in [2.05, 4.69) is 22.0 Å². The van der Waals surface area contributed by atoms with Crippen LogP contribution in [0.5, 0.6) is 0 Å². The fourth-order valence-electron chi connectivity index (χ4n) is 4.14. The molecule has 104 valence electrons. The van der Waals surface area contributed by atoms with Gasteiger partial charge in [0.15, 0.2) is 0 Å². The highest BCUT2D eigenvalue weighted by Crippen LogP contribution is 2.25. The predicted molar refractivity (Wildman–Crippen MR) is 75.8 cm³/mol. The summed E-state index contributed by atoms with van der Waals surface area (Å²) in [7, 11) is 0. The SMILES string of the molecule is CC1CNCC(N2CCN(C3CCCC3)CC2)C1. The molecule has 2 atom stereocenters.